The number of hydrogen-bond acceptors (Lipinski definition) is 0. The van der Waals surface area contributed by atoms with Gasteiger partial charge < -0.3 is 0 Å². The number of fused-ring (bicyclic) bond motifs is 4. The SMILES string of the molecule is C=CC[C@]1(C)[C@]2(C)[C@@H]3CC[C@H]3[C@@]12c1ccccc1. The Hall–Kier alpha value is -1.04. The first-order valence-corrected chi connectivity index (χ1v) is 7.31. The van der Waals surface area contributed by atoms with Crippen LogP contribution in [0.1, 0.15) is 38.7 Å². The molecule has 3 aliphatic rings. The Labute approximate surface area is 110 Å². The van der Waals surface area contributed by atoms with Crippen LogP contribution in [0.25, 0.3) is 0 Å². The lowest BCUT2D eigenvalue weighted by molar-refractivity contribution is -0.0483. The largest absolute Gasteiger partial charge is 0.103 e. The average Bonchev–Trinajstić information content (AvgIpc) is 2.69. The summed E-state index contributed by atoms with van der Waals surface area (Å²) in [6.45, 7) is 9.07. The molecule has 3 aliphatic carbocycles. The highest BCUT2D eigenvalue weighted by molar-refractivity contribution is 5.55. The van der Waals surface area contributed by atoms with Gasteiger partial charge in [-0.2, -0.15) is 0 Å². The van der Waals surface area contributed by atoms with Crippen molar-refractivity contribution in [2.75, 3.05) is 0 Å². The first-order valence-electron chi connectivity index (χ1n) is 7.31. The van der Waals surface area contributed by atoms with Crippen molar-refractivity contribution < 1.29 is 0 Å². The predicted octanol–water partition coefficient (Wildman–Crippen LogP) is 4.57. The quantitative estimate of drug-likeness (QED) is 0.677. The lowest BCUT2D eigenvalue weighted by Gasteiger charge is -2.58. The zero-order valence-electron chi connectivity index (χ0n) is 11.4. The maximum Gasteiger partial charge on any atom is 0.0108 e. The average molecular weight is 238 g/mol. The second-order valence-electron chi connectivity index (χ2n) is 6.99. The number of allylic oxidation sites excluding steroid dienone is 1. The van der Waals surface area contributed by atoms with E-state index in [1.165, 1.54) is 19.3 Å². The molecule has 0 heteroatoms. The molecular weight excluding hydrogens is 216 g/mol. The van der Waals surface area contributed by atoms with Crippen molar-refractivity contribution in [2.24, 2.45) is 22.7 Å². The second kappa shape index (κ2) is 2.92. The maximum absolute atomic E-state index is 4.01. The standard InChI is InChI=1S/C18H22/c1-4-12-16(2)17(3)14-10-11-15(14)18(16,17)13-8-6-5-7-9-13/h4-9,14-15H,1,10-12H2,2-3H3/t14-,15-,16-,17+,18+/m1/s1. The van der Waals surface area contributed by atoms with Crippen molar-refractivity contribution >= 4 is 0 Å². The van der Waals surface area contributed by atoms with Crippen molar-refractivity contribution in [1.82, 2.24) is 0 Å². The van der Waals surface area contributed by atoms with E-state index in [4.69, 9.17) is 0 Å². The van der Waals surface area contributed by atoms with Crippen molar-refractivity contribution in [3.8, 4) is 0 Å². The van der Waals surface area contributed by atoms with Crippen LogP contribution >= 0.6 is 0 Å². The third-order valence-electron chi connectivity index (χ3n) is 7.13. The van der Waals surface area contributed by atoms with Crippen LogP contribution in [0.3, 0.4) is 0 Å². The fourth-order valence-electron chi connectivity index (χ4n) is 6.36. The van der Waals surface area contributed by atoms with Crippen LogP contribution in [0.15, 0.2) is 43.0 Å². The van der Waals surface area contributed by atoms with E-state index in [0.717, 1.165) is 11.8 Å². The molecule has 0 aromatic heterocycles. The minimum Gasteiger partial charge on any atom is -0.103 e. The van der Waals surface area contributed by atoms with Gasteiger partial charge in [0, 0.05) is 5.41 Å². The molecule has 1 aromatic carbocycles. The highest BCUT2D eigenvalue weighted by atomic mass is 15.0. The molecule has 0 nitrogen and oxygen atoms in total. The third-order valence-corrected chi connectivity index (χ3v) is 7.13. The van der Waals surface area contributed by atoms with Gasteiger partial charge in [-0.15, -0.1) is 6.58 Å². The fourth-order valence-corrected chi connectivity index (χ4v) is 6.36. The smallest absolute Gasteiger partial charge is 0.0108 e. The summed E-state index contributed by atoms with van der Waals surface area (Å²) >= 11 is 0. The Balaban J connectivity index is 1.87. The molecule has 3 saturated carbocycles. The molecule has 1 aromatic rings. The normalized spacial score (nSPS) is 51.4. The first kappa shape index (κ1) is 10.8. The molecule has 0 saturated heterocycles. The molecule has 18 heavy (non-hydrogen) atoms. The summed E-state index contributed by atoms with van der Waals surface area (Å²) in [5.41, 5.74) is 3.06. The fraction of sp³-hybridized carbons (Fsp3) is 0.556. The Bertz CT molecular complexity index is 516. The molecule has 0 N–H and O–H groups in total. The van der Waals surface area contributed by atoms with Crippen LogP contribution in [0.5, 0.6) is 0 Å². The van der Waals surface area contributed by atoms with E-state index >= 15 is 0 Å². The lowest BCUT2D eigenvalue weighted by Crippen LogP contribution is -2.54. The molecule has 0 amide bonds. The molecule has 0 unspecified atom stereocenters. The summed E-state index contributed by atoms with van der Waals surface area (Å²) in [6.07, 6.45) is 6.23. The van der Waals surface area contributed by atoms with Crippen molar-refractivity contribution in [3.63, 3.8) is 0 Å². The van der Waals surface area contributed by atoms with Gasteiger partial charge in [-0.1, -0.05) is 50.3 Å². The number of hydrogen-bond donors (Lipinski definition) is 0. The minimum absolute atomic E-state index is 0.453. The second-order valence-corrected chi connectivity index (χ2v) is 6.99. The van der Waals surface area contributed by atoms with E-state index < -0.39 is 0 Å². The monoisotopic (exact) mass is 238 g/mol. The summed E-state index contributed by atoms with van der Waals surface area (Å²) in [4.78, 5) is 0. The van der Waals surface area contributed by atoms with E-state index in [2.05, 4.69) is 56.8 Å². The molecular formula is C18H22. The molecule has 4 rings (SSSR count). The van der Waals surface area contributed by atoms with Crippen LogP contribution in [0, 0.1) is 22.7 Å². The molecule has 0 aliphatic heterocycles. The van der Waals surface area contributed by atoms with E-state index in [-0.39, 0.29) is 0 Å². The Morgan fingerprint density at radius 2 is 1.83 bits per heavy atom. The summed E-state index contributed by atoms with van der Waals surface area (Å²) in [5, 5.41) is 0. The van der Waals surface area contributed by atoms with E-state index in [1.54, 1.807) is 5.56 Å². The molecule has 0 radical (unpaired) electrons. The van der Waals surface area contributed by atoms with Crippen molar-refractivity contribution in [3.05, 3.63) is 48.6 Å². The maximum atomic E-state index is 4.01. The van der Waals surface area contributed by atoms with Crippen molar-refractivity contribution in [1.29, 1.82) is 0 Å². The molecule has 5 atom stereocenters. The zero-order valence-corrected chi connectivity index (χ0v) is 11.4. The third kappa shape index (κ3) is 0.735. The number of benzene rings is 1. The highest BCUT2D eigenvalue weighted by Crippen LogP contribution is 2.97. The van der Waals surface area contributed by atoms with Gasteiger partial charge in [0.25, 0.3) is 0 Å². The molecule has 0 spiro atoms. The Morgan fingerprint density at radius 3 is 2.39 bits per heavy atom. The summed E-state index contributed by atoms with van der Waals surface area (Å²) in [5.74, 6) is 1.94. The minimum atomic E-state index is 0.453. The van der Waals surface area contributed by atoms with Gasteiger partial charge in [-0.3, -0.25) is 0 Å². The van der Waals surface area contributed by atoms with Gasteiger partial charge in [0.2, 0.25) is 0 Å². The van der Waals surface area contributed by atoms with Gasteiger partial charge >= 0.3 is 0 Å². The van der Waals surface area contributed by atoms with Crippen LogP contribution in [-0.4, -0.2) is 0 Å². The topological polar surface area (TPSA) is 0 Å². The summed E-state index contributed by atoms with van der Waals surface area (Å²) in [6, 6.07) is 11.3. The number of rotatable bonds is 3. The summed E-state index contributed by atoms with van der Waals surface area (Å²) in [7, 11) is 0. The van der Waals surface area contributed by atoms with Gasteiger partial charge in [-0.25, -0.2) is 0 Å². The molecule has 3 fully saturated rings. The summed E-state index contributed by atoms with van der Waals surface area (Å²) < 4.78 is 0. The van der Waals surface area contributed by atoms with Gasteiger partial charge in [-0.05, 0) is 47.5 Å². The van der Waals surface area contributed by atoms with Gasteiger partial charge in [0.15, 0.2) is 0 Å². The van der Waals surface area contributed by atoms with Crippen LogP contribution in [0.4, 0.5) is 0 Å². The first-order chi connectivity index (χ1) is 8.64. The Morgan fingerprint density at radius 1 is 1.17 bits per heavy atom. The van der Waals surface area contributed by atoms with E-state index in [0.29, 0.717) is 16.2 Å². The Kier molecular flexibility index (Phi) is 1.76. The van der Waals surface area contributed by atoms with Gasteiger partial charge in [0.05, 0.1) is 0 Å². The zero-order chi connectivity index (χ0) is 12.6. The van der Waals surface area contributed by atoms with Crippen LogP contribution < -0.4 is 0 Å². The van der Waals surface area contributed by atoms with Gasteiger partial charge in [0.1, 0.15) is 0 Å². The molecule has 94 valence electrons. The molecule has 0 heterocycles. The van der Waals surface area contributed by atoms with Crippen molar-refractivity contribution in [2.45, 2.75) is 38.5 Å². The van der Waals surface area contributed by atoms with E-state index in [9.17, 15) is 0 Å². The lowest BCUT2D eigenvalue weighted by atomic mass is 9.46. The highest BCUT2D eigenvalue weighted by Gasteiger charge is 2.95. The molecule has 0 bridgehead atoms. The van der Waals surface area contributed by atoms with E-state index in [1.807, 2.05) is 0 Å². The van der Waals surface area contributed by atoms with Crippen LogP contribution in [-0.2, 0) is 5.41 Å². The predicted molar refractivity (Wildman–Crippen MR) is 75.4 cm³/mol. The van der Waals surface area contributed by atoms with Crippen LogP contribution in [0.2, 0.25) is 0 Å².